The van der Waals surface area contributed by atoms with Crippen LogP contribution in [-0.2, 0) is 11.2 Å². The van der Waals surface area contributed by atoms with E-state index in [2.05, 4.69) is 16.6 Å². The SMILES string of the molecule is C#CCNCC(=O)NCC1Cc2ccccc2O1. The van der Waals surface area contributed by atoms with Crippen molar-refractivity contribution in [3.05, 3.63) is 29.8 Å². The maximum absolute atomic E-state index is 11.4. The second kappa shape index (κ2) is 6.08. The number of carbonyl (C=O) groups excluding carboxylic acids is 1. The molecule has 0 bridgehead atoms. The number of rotatable bonds is 5. The zero-order chi connectivity index (χ0) is 12.8. The molecule has 0 fully saturated rings. The minimum atomic E-state index is -0.0650. The van der Waals surface area contributed by atoms with E-state index in [0.29, 0.717) is 13.1 Å². The topological polar surface area (TPSA) is 50.4 Å². The van der Waals surface area contributed by atoms with Crippen molar-refractivity contribution in [3.63, 3.8) is 0 Å². The molecule has 4 heteroatoms. The minimum absolute atomic E-state index is 0.0268. The van der Waals surface area contributed by atoms with Gasteiger partial charge in [-0.2, -0.15) is 0 Å². The molecule has 0 radical (unpaired) electrons. The third-order valence-electron chi connectivity index (χ3n) is 2.75. The Labute approximate surface area is 107 Å². The third kappa shape index (κ3) is 3.25. The van der Waals surface area contributed by atoms with Crippen molar-refractivity contribution >= 4 is 5.91 Å². The lowest BCUT2D eigenvalue weighted by atomic mass is 10.1. The number of nitrogens with one attached hydrogen (secondary N) is 2. The summed E-state index contributed by atoms with van der Waals surface area (Å²) in [4.78, 5) is 11.4. The second-order valence-corrected chi connectivity index (χ2v) is 4.16. The lowest BCUT2D eigenvalue weighted by Crippen LogP contribution is -2.39. The van der Waals surface area contributed by atoms with Gasteiger partial charge in [-0.05, 0) is 11.6 Å². The molecule has 18 heavy (non-hydrogen) atoms. The molecule has 1 aromatic rings. The molecular weight excluding hydrogens is 228 g/mol. The number of ether oxygens (including phenoxy) is 1. The van der Waals surface area contributed by atoms with Crippen LogP contribution in [0.5, 0.6) is 5.75 Å². The van der Waals surface area contributed by atoms with E-state index in [4.69, 9.17) is 11.2 Å². The van der Waals surface area contributed by atoms with E-state index in [0.717, 1.165) is 12.2 Å². The van der Waals surface area contributed by atoms with Gasteiger partial charge < -0.3 is 10.1 Å². The van der Waals surface area contributed by atoms with E-state index in [9.17, 15) is 4.79 Å². The van der Waals surface area contributed by atoms with Crippen LogP contribution in [0, 0.1) is 12.3 Å². The molecule has 2 rings (SSSR count). The van der Waals surface area contributed by atoms with Crippen LogP contribution < -0.4 is 15.4 Å². The van der Waals surface area contributed by atoms with E-state index in [1.807, 2.05) is 24.3 Å². The van der Waals surface area contributed by atoms with Crippen LogP contribution in [0.4, 0.5) is 0 Å². The van der Waals surface area contributed by atoms with Gasteiger partial charge in [0.2, 0.25) is 5.91 Å². The number of terminal acetylenes is 1. The molecule has 1 unspecified atom stereocenters. The predicted molar refractivity (Wildman–Crippen MR) is 69.3 cm³/mol. The van der Waals surface area contributed by atoms with E-state index in [1.165, 1.54) is 5.56 Å². The molecule has 0 saturated heterocycles. The standard InChI is InChI=1S/C14H16N2O2/c1-2-7-15-10-14(17)16-9-12-8-11-5-3-4-6-13(11)18-12/h1,3-6,12,15H,7-10H2,(H,16,17). The van der Waals surface area contributed by atoms with Crippen molar-refractivity contribution in [1.29, 1.82) is 0 Å². The lowest BCUT2D eigenvalue weighted by molar-refractivity contribution is -0.120. The third-order valence-corrected chi connectivity index (χ3v) is 2.75. The normalized spacial score (nSPS) is 16.5. The summed E-state index contributed by atoms with van der Waals surface area (Å²) in [5.41, 5.74) is 1.20. The molecule has 1 atom stereocenters. The molecule has 1 aliphatic rings. The summed E-state index contributed by atoms with van der Waals surface area (Å²) in [6.07, 6.45) is 5.94. The summed E-state index contributed by atoms with van der Waals surface area (Å²) < 4.78 is 5.72. The van der Waals surface area contributed by atoms with Crippen LogP contribution in [0.25, 0.3) is 0 Å². The van der Waals surface area contributed by atoms with Crippen molar-refractivity contribution in [2.45, 2.75) is 12.5 Å². The van der Waals surface area contributed by atoms with Crippen LogP contribution in [0.1, 0.15) is 5.56 Å². The Kier molecular flexibility index (Phi) is 4.21. The van der Waals surface area contributed by atoms with Crippen molar-refractivity contribution in [2.24, 2.45) is 0 Å². The molecule has 1 aliphatic heterocycles. The summed E-state index contributed by atoms with van der Waals surface area (Å²) in [7, 11) is 0. The highest BCUT2D eigenvalue weighted by Crippen LogP contribution is 2.27. The summed E-state index contributed by atoms with van der Waals surface area (Å²) in [5, 5.41) is 5.66. The molecule has 1 amide bonds. The van der Waals surface area contributed by atoms with Gasteiger partial charge in [0.15, 0.2) is 0 Å². The first-order chi connectivity index (χ1) is 8.79. The fourth-order valence-electron chi connectivity index (χ4n) is 1.91. The molecule has 0 saturated carbocycles. The zero-order valence-corrected chi connectivity index (χ0v) is 10.1. The van der Waals surface area contributed by atoms with Gasteiger partial charge in [-0.3, -0.25) is 10.1 Å². The predicted octanol–water partition coefficient (Wildman–Crippen LogP) is 0.329. The molecule has 0 aliphatic carbocycles. The Morgan fingerprint density at radius 1 is 1.50 bits per heavy atom. The highest BCUT2D eigenvalue weighted by atomic mass is 16.5. The van der Waals surface area contributed by atoms with Gasteiger partial charge in [0.05, 0.1) is 19.6 Å². The van der Waals surface area contributed by atoms with Crippen LogP contribution >= 0.6 is 0 Å². The molecule has 0 spiro atoms. The minimum Gasteiger partial charge on any atom is -0.488 e. The average Bonchev–Trinajstić information content (AvgIpc) is 2.79. The summed E-state index contributed by atoms with van der Waals surface area (Å²) in [5.74, 6) is 3.27. The first-order valence-corrected chi connectivity index (χ1v) is 5.95. The van der Waals surface area contributed by atoms with Crippen molar-refractivity contribution in [2.75, 3.05) is 19.6 Å². The van der Waals surface area contributed by atoms with Crippen molar-refractivity contribution in [1.82, 2.24) is 10.6 Å². The Morgan fingerprint density at radius 3 is 3.11 bits per heavy atom. The molecule has 4 nitrogen and oxygen atoms in total. The smallest absolute Gasteiger partial charge is 0.234 e. The maximum Gasteiger partial charge on any atom is 0.234 e. The first kappa shape index (κ1) is 12.5. The quantitative estimate of drug-likeness (QED) is 0.579. The number of amides is 1. The molecule has 94 valence electrons. The van der Waals surface area contributed by atoms with E-state index >= 15 is 0 Å². The fourth-order valence-corrected chi connectivity index (χ4v) is 1.91. The lowest BCUT2D eigenvalue weighted by Gasteiger charge is -2.11. The first-order valence-electron chi connectivity index (χ1n) is 5.95. The number of hydrogen-bond acceptors (Lipinski definition) is 3. The second-order valence-electron chi connectivity index (χ2n) is 4.16. The van der Waals surface area contributed by atoms with E-state index in [-0.39, 0.29) is 18.6 Å². The van der Waals surface area contributed by atoms with E-state index < -0.39 is 0 Å². The summed E-state index contributed by atoms with van der Waals surface area (Å²) in [6.45, 7) is 1.16. The Bertz CT molecular complexity index is 440. The number of carbonyl (C=O) groups is 1. The number of hydrogen-bond donors (Lipinski definition) is 2. The average molecular weight is 244 g/mol. The molecule has 2 N–H and O–H groups in total. The largest absolute Gasteiger partial charge is 0.488 e. The van der Waals surface area contributed by atoms with Gasteiger partial charge in [0.25, 0.3) is 0 Å². The van der Waals surface area contributed by atoms with Crippen molar-refractivity contribution in [3.8, 4) is 18.1 Å². The number of benzene rings is 1. The van der Waals surface area contributed by atoms with Crippen LogP contribution in [-0.4, -0.2) is 31.6 Å². The van der Waals surface area contributed by atoms with Gasteiger partial charge in [-0.25, -0.2) is 0 Å². The number of fused-ring (bicyclic) bond motifs is 1. The number of para-hydroxylation sites is 1. The van der Waals surface area contributed by atoms with Gasteiger partial charge in [-0.15, -0.1) is 6.42 Å². The summed E-state index contributed by atoms with van der Waals surface area (Å²) in [6, 6.07) is 7.94. The molecule has 1 heterocycles. The van der Waals surface area contributed by atoms with Crippen LogP contribution in [0.3, 0.4) is 0 Å². The van der Waals surface area contributed by atoms with E-state index in [1.54, 1.807) is 0 Å². The highest BCUT2D eigenvalue weighted by molar-refractivity contribution is 5.78. The molecule has 0 aromatic heterocycles. The van der Waals surface area contributed by atoms with Gasteiger partial charge in [0.1, 0.15) is 11.9 Å². The van der Waals surface area contributed by atoms with Gasteiger partial charge >= 0.3 is 0 Å². The zero-order valence-electron chi connectivity index (χ0n) is 10.1. The van der Waals surface area contributed by atoms with Crippen LogP contribution in [0.2, 0.25) is 0 Å². The van der Waals surface area contributed by atoms with Crippen LogP contribution in [0.15, 0.2) is 24.3 Å². The monoisotopic (exact) mass is 244 g/mol. The Hall–Kier alpha value is -1.99. The summed E-state index contributed by atoms with van der Waals surface area (Å²) >= 11 is 0. The Balaban J connectivity index is 1.71. The Morgan fingerprint density at radius 2 is 2.33 bits per heavy atom. The van der Waals surface area contributed by atoms with Gasteiger partial charge in [-0.1, -0.05) is 24.1 Å². The van der Waals surface area contributed by atoms with Crippen molar-refractivity contribution < 1.29 is 9.53 Å². The highest BCUT2D eigenvalue weighted by Gasteiger charge is 2.22. The maximum atomic E-state index is 11.4. The molecular formula is C14H16N2O2. The van der Waals surface area contributed by atoms with Gasteiger partial charge in [0, 0.05) is 6.42 Å². The fraction of sp³-hybridized carbons (Fsp3) is 0.357. The molecule has 1 aromatic carbocycles.